The van der Waals surface area contributed by atoms with E-state index in [1.807, 2.05) is 38.1 Å². The lowest BCUT2D eigenvalue weighted by Crippen LogP contribution is -2.24. The van der Waals surface area contributed by atoms with E-state index in [-0.39, 0.29) is 22.9 Å². The fourth-order valence-corrected chi connectivity index (χ4v) is 4.32. The second-order valence-corrected chi connectivity index (χ2v) is 8.67. The van der Waals surface area contributed by atoms with Crippen LogP contribution in [0, 0.1) is 11.6 Å². The van der Waals surface area contributed by atoms with Gasteiger partial charge in [0.05, 0.1) is 28.0 Å². The zero-order chi connectivity index (χ0) is 23.5. The summed E-state index contributed by atoms with van der Waals surface area (Å²) in [5.74, 6) is -1.94. The number of nitrogens with one attached hydrogen (secondary N) is 1. The van der Waals surface area contributed by atoms with Crippen LogP contribution in [0.5, 0.6) is 0 Å². The number of para-hydroxylation sites is 2. The molecule has 0 radical (unpaired) electrons. The topological polar surface area (TPSA) is 64.0 Å². The van der Waals surface area contributed by atoms with Gasteiger partial charge in [0.25, 0.3) is 5.56 Å². The highest BCUT2D eigenvalue weighted by Crippen LogP contribution is 2.27. The average molecular weight is 466 g/mol. The van der Waals surface area contributed by atoms with Crippen molar-refractivity contribution in [3.63, 3.8) is 0 Å². The summed E-state index contributed by atoms with van der Waals surface area (Å²) in [7, 11) is 0. The van der Waals surface area contributed by atoms with Gasteiger partial charge in [0, 0.05) is 6.07 Å². The molecule has 1 heterocycles. The van der Waals surface area contributed by atoms with Crippen LogP contribution < -0.4 is 10.9 Å². The van der Waals surface area contributed by atoms with E-state index in [4.69, 9.17) is 0 Å². The molecule has 1 amide bonds. The predicted octanol–water partition coefficient (Wildman–Crippen LogP) is 5.52. The summed E-state index contributed by atoms with van der Waals surface area (Å²) in [5, 5.41) is 3.17. The maximum absolute atomic E-state index is 13.9. The second-order valence-electron chi connectivity index (χ2n) is 7.73. The second kappa shape index (κ2) is 9.54. The Kier molecular flexibility index (Phi) is 6.55. The van der Waals surface area contributed by atoms with E-state index in [2.05, 4.69) is 10.3 Å². The predicted molar refractivity (Wildman–Crippen MR) is 127 cm³/mol. The normalized spacial score (nSPS) is 11.2. The first-order valence-electron chi connectivity index (χ1n) is 10.3. The maximum atomic E-state index is 13.9. The fraction of sp³-hybridized carbons (Fsp3) is 0.160. The van der Waals surface area contributed by atoms with Crippen LogP contribution >= 0.6 is 11.8 Å². The number of amides is 1. The van der Waals surface area contributed by atoms with Gasteiger partial charge >= 0.3 is 0 Å². The molecule has 4 aromatic rings. The van der Waals surface area contributed by atoms with Crippen molar-refractivity contribution < 1.29 is 13.6 Å². The number of carbonyl (C=O) groups excluding carboxylic acids is 1. The first-order chi connectivity index (χ1) is 15.8. The van der Waals surface area contributed by atoms with Crippen molar-refractivity contribution in [2.24, 2.45) is 0 Å². The first-order valence-corrected chi connectivity index (χ1v) is 11.3. The molecule has 5 nitrogen and oxygen atoms in total. The molecule has 3 aromatic carbocycles. The molecule has 33 heavy (non-hydrogen) atoms. The smallest absolute Gasteiger partial charge is 0.266 e. The number of fused-ring (bicyclic) bond motifs is 1. The summed E-state index contributed by atoms with van der Waals surface area (Å²) in [4.78, 5) is 30.6. The Morgan fingerprint density at radius 2 is 1.79 bits per heavy atom. The summed E-state index contributed by atoms with van der Waals surface area (Å²) >= 11 is 1.05. The van der Waals surface area contributed by atoms with Crippen LogP contribution in [0.25, 0.3) is 16.6 Å². The largest absolute Gasteiger partial charge is 0.323 e. The molecule has 1 aromatic heterocycles. The highest BCUT2D eigenvalue weighted by molar-refractivity contribution is 7.99. The lowest BCUT2D eigenvalue weighted by molar-refractivity contribution is -0.113. The zero-order valence-electron chi connectivity index (χ0n) is 18.0. The van der Waals surface area contributed by atoms with E-state index in [1.54, 1.807) is 24.3 Å². The third kappa shape index (κ3) is 4.80. The Hall–Kier alpha value is -3.52. The van der Waals surface area contributed by atoms with Crippen molar-refractivity contribution in [1.29, 1.82) is 0 Å². The molecule has 1 N–H and O–H groups in total. The van der Waals surface area contributed by atoms with Gasteiger partial charge < -0.3 is 5.32 Å². The standard InChI is InChI=1S/C25H21F2N3O2S/c1-15(2)17-7-4-6-10-22(17)30-24(32)18-8-3-5-9-20(18)29-25(30)33-14-23(31)28-21-13-16(26)11-12-19(21)27/h3-13,15H,14H2,1-2H3,(H,28,31). The number of anilines is 1. The molecular weight excluding hydrogens is 444 g/mol. The van der Waals surface area contributed by atoms with Crippen molar-refractivity contribution in [3.05, 3.63) is 94.3 Å². The number of carbonyl (C=O) groups is 1. The minimum Gasteiger partial charge on any atom is -0.323 e. The quantitative estimate of drug-likeness (QED) is 0.301. The van der Waals surface area contributed by atoms with Gasteiger partial charge in [0.1, 0.15) is 11.6 Å². The number of benzene rings is 3. The maximum Gasteiger partial charge on any atom is 0.266 e. The average Bonchev–Trinajstić information content (AvgIpc) is 2.80. The van der Waals surface area contributed by atoms with E-state index >= 15 is 0 Å². The minimum absolute atomic E-state index is 0.148. The molecule has 0 unspecified atom stereocenters. The van der Waals surface area contributed by atoms with Crippen molar-refractivity contribution in [3.8, 4) is 5.69 Å². The molecule has 8 heteroatoms. The fourth-order valence-electron chi connectivity index (χ4n) is 3.51. The molecule has 0 saturated heterocycles. The van der Waals surface area contributed by atoms with Gasteiger partial charge in [-0.2, -0.15) is 0 Å². The van der Waals surface area contributed by atoms with Gasteiger partial charge in [-0.15, -0.1) is 0 Å². The summed E-state index contributed by atoms with van der Waals surface area (Å²) in [5.41, 5.74) is 1.68. The number of halogens is 2. The Labute approximate surface area is 193 Å². The monoisotopic (exact) mass is 465 g/mol. The number of rotatable bonds is 6. The van der Waals surface area contributed by atoms with E-state index in [0.717, 1.165) is 35.5 Å². The van der Waals surface area contributed by atoms with Crippen LogP contribution in [0.4, 0.5) is 14.5 Å². The lowest BCUT2D eigenvalue weighted by atomic mass is 10.0. The van der Waals surface area contributed by atoms with Gasteiger partial charge in [-0.3, -0.25) is 14.2 Å². The number of nitrogens with zero attached hydrogens (tertiary/aromatic N) is 2. The van der Waals surface area contributed by atoms with Crippen LogP contribution in [0.3, 0.4) is 0 Å². The van der Waals surface area contributed by atoms with Gasteiger partial charge in [-0.25, -0.2) is 13.8 Å². The summed E-state index contributed by atoms with van der Waals surface area (Å²) in [6, 6.07) is 17.4. The number of aromatic nitrogens is 2. The van der Waals surface area contributed by atoms with Crippen molar-refractivity contribution in [1.82, 2.24) is 9.55 Å². The third-order valence-corrected chi connectivity index (χ3v) is 6.02. The molecule has 0 fully saturated rings. The summed E-state index contributed by atoms with van der Waals surface area (Å²) in [6.45, 7) is 4.07. The molecule has 0 aliphatic heterocycles. The Morgan fingerprint density at radius 3 is 2.58 bits per heavy atom. The zero-order valence-corrected chi connectivity index (χ0v) is 18.8. The third-order valence-electron chi connectivity index (χ3n) is 5.08. The van der Waals surface area contributed by atoms with Crippen molar-refractivity contribution >= 4 is 34.3 Å². The van der Waals surface area contributed by atoms with Crippen LogP contribution in [0.15, 0.2) is 76.7 Å². The van der Waals surface area contributed by atoms with Gasteiger partial charge in [0.15, 0.2) is 5.16 Å². The first kappa shape index (κ1) is 22.7. The molecule has 0 aliphatic carbocycles. The highest BCUT2D eigenvalue weighted by Gasteiger charge is 2.18. The molecule has 4 rings (SSSR count). The lowest BCUT2D eigenvalue weighted by Gasteiger charge is -2.18. The molecule has 0 spiro atoms. The molecule has 0 bridgehead atoms. The number of thioether (sulfide) groups is 1. The van der Waals surface area contributed by atoms with Gasteiger partial charge in [-0.05, 0) is 41.8 Å². The van der Waals surface area contributed by atoms with Crippen molar-refractivity contribution in [2.75, 3.05) is 11.1 Å². The van der Waals surface area contributed by atoms with E-state index < -0.39 is 17.5 Å². The molecule has 0 saturated carbocycles. The highest BCUT2D eigenvalue weighted by atomic mass is 32.2. The van der Waals surface area contributed by atoms with E-state index in [1.165, 1.54) is 4.57 Å². The molecular formula is C25H21F2N3O2S. The van der Waals surface area contributed by atoms with E-state index in [9.17, 15) is 18.4 Å². The Balaban J connectivity index is 1.73. The van der Waals surface area contributed by atoms with Crippen LogP contribution in [-0.4, -0.2) is 21.2 Å². The molecule has 0 aliphatic rings. The van der Waals surface area contributed by atoms with Crippen molar-refractivity contribution in [2.45, 2.75) is 24.9 Å². The van der Waals surface area contributed by atoms with Crippen LogP contribution in [-0.2, 0) is 4.79 Å². The van der Waals surface area contributed by atoms with E-state index in [0.29, 0.717) is 21.7 Å². The van der Waals surface area contributed by atoms with Gasteiger partial charge in [0.2, 0.25) is 5.91 Å². The Bertz CT molecular complexity index is 1400. The van der Waals surface area contributed by atoms with Crippen LogP contribution in [0.1, 0.15) is 25.3 Å². The SMILES string of the molecule is CC(C)c1ccccc1-n1c(SCC(=O)Nc2cc(F)ccc2F)nc2ccccc2c1=O. The number of hydrogen-bond acceptors (Lipinski definition) is 4. The van der Waals surface area contributed by atoms with Gasteiger partial charge in [-0.1, -0.05) is 55.9 Å². The van der Waals surface area contributed by atoms with Crippen LogP contribution in [0.2, 0.25) is 0 Å². The summed E-state index contributed by atoms with van der Waals surface area (Å²) in [6.07, 6.45) is 0. The molecule has 168 valence electrons. The summed E-state index contributed by atoms with van der Waals surface area (Å²) < 4.78 is 28.8. The number of hydrogen-bond donors (Lipinski definition) is 1. The Morgan fingerprint density at radius 1 is 1.06 bits per heavy atom. The molecule has 0 atom stereocenters. The minimum atomic E-state index is -0.735.